The summed E-state index contributed by atoms with van der Waals surface area (Å²) in [5.41, 5.74) is 2.95. The molecule has 0 aromatic heterocycles. The fourth-order valence-electron chi connectivity index (χ4n) is 3.25. The van der Waals surface area contributed by atoms with Gasteiger partial charge in [-0.25, -0.2) is 0 Å². The minimum atomic E-state index is 0.660. The van der Waals surface area contributed by atoms with E-state index < -0.39 is 0 Å². The number of hydrogen-bond acceptors (Lipinski definition) is 3. The summed E-state index contributed by atoms with van der Waals surface area (Å²) in [5.74, 6) is 0.853. The Bertz CT molecular complexity index is 421. The van der Waals surface area contributed by atoms with Crippen molar-refractivity contribution in [1.29, 1.82) is 0 Å². The standard InChI is InChI=1S/C18H28N2O/c1-21-12-11-20(14-18-3-2-10-19-18)13-15-4-6-16(7-5-15)17-8-9-17/h4-7,17-19H,2-3,8-14H2,1H3. The van der Waals surface area contributed by atoms with Gasteiger partial charge in [0.2, 0.25) is 0 Å². The van der Waals surface area contributed by atoms with Crippen LogP contribution in [0.15, 0.2) is 24.3 Å². The molecule has 2 aliphatic rings. The lowest BCUT2D eigenvalue weighted by atomic mass is 10.1. The number of nitrogens with one attached hydrogen (secondary N) is 1. The topological polar surface area (TPSA) is 24.5 Å². The van der Waals surface area contributed by atoms with Crippen LogP contribution in [0.25, 0.3) is 0 Å². The predicted molar refractivity (Wildman–Crippen MR) is 86.6 cm³/mol. The van der Waals surface area contributed by atoms with Crippen molar-refractivity contribution >= 4 is 0 Å². The lowest BCUT2D eigenvalue weighted by Crippen LogP contribution is -2.38. The van der Waals surface area contributed by atoms with Crippen LogP contribution in [0.3, 0.4) is 0 Å². The molecule has 1 aliphatic carbocycles. The van der Waals surface area contributed by atoms with Gasteiger partial charge < -0.3 is 10.1 Å². The van der Waals surface area contributed by atoms with E-state index >= 15 is 0 Å². The zero-order chi connectivity index (χ0) is 14.5. The summed E-state index contributed by atoms with van der Waals surface area (Å²) in [4.78, 5) is 2.53. The second-order valence-corrected chi connectivity index (χ2v) is 6.54. The second kappa shape index (κ2) is 7.39. The Labute approximate surface area is 128 Å². The maximum atomic E-state index is 5.27. The van der Waals surface area contributed by atoms with Gasteiger partial charge in [-0.2, -0.15) is 0 Å². The Kier molecular flexibility index (Phi) is 5.28. The molecule has 0 amide bonds. The highest BCUT2D eigenvalue weighted by atomic mass is 16.5. The molecule has 1 atom stereocenters. The molecule has 1 aliphatic heterocycles. The molecular weight excluding hydrogens is 260 g/mol. The van der Waals surface area contributed by atoms with E-state index in [4.69, 9.17) is 4.74 Å². The SMILES string of the molecule is COCCN(Cc1ccc(C2CC2)cc1)CC1CCCN1. The van der Waals surface area contributed by atoms with Crippen molar-refractivity contribution in [2.24, 2.45) is 0 Å². The normalized spacial score (nSPS) is 22.1. The fraction of sp³-hybridized carbons (Fsp3) is 0.667. The molecule has 1 aromatic rings. The summed E-state index contributed by atoms with van der Waals surface area (Å²) in [6, 6.07) is 9.95. The van der Waals surface area contributed by atoms with Crippen molar-refractivity contribution in [2.45, 2.75) is 44.2 Å². The summed E-state index contributed by atoms with van der Waals surface area (Å²) in [5, 5.41) is 3.60. The maximum absolute atomic E-state index is 5.27. The van der Waals surface area contributed by atoms with Crippen LogP contribution in [-0.2, 0) is 11.3 Å². The molecule has 2 fully saturated rings. The molecule has 0 bridgehead atoms. The quantitative estimate of drug-likeness (QED) is 0.796. The van der Waals surface area contributed by atoms with Crippen LogP contribution >= 0.6 is 0 Å². The van der Waals surface area contributed by atoms with Gasteiger partial charge in [0.05, 0.1) is 6.61 Å². The van der Waals surface area contributed by atoms with Crippen LogP contribution < -0.4 is 5.32 Å². The Balaban J connectivity index is 1.56. The van der Waals surface area contributed by atoms with Gasteiger partial charge in [0.15, 0.2) is 0 Å². The Morgan fingerprint density at radius 2 is 2.00 bits per heavy atom. The smallest absolute Gasteiger partial charge is 0.0589 e. The highest BCUT2D eigenvalue weighted by Gasteiger charge is 2.23. The molecule has 1 N–H and O–H groups in total. The minimum absolute atomic E-state index is 0.660. The monoisotopic (exact) mass is 288 g/mol. The highest BCUT2D eigenvalue weighted by molar-refractivity contribution is 5.28. The fourth-order valence-corrected chi connectivity index (χ4v) is 3.25. The van der Waals surface area contributed by atoms with E-state index in [9.17, 15) is 0 Å². The van der Waals surface area contributed by atoms with Gasteiger partial charge in [-0.1, -0.05) is 24.3 Å². The van der Waals surface area contributed by atoms with Crippen LogP contribution in [0.2, 0.25) is 0 Å². The molecule has 0 radical (unpaired) electrons. The van der Waals surface area contributed by atoms with E-state index in [0.717, 1.165) is 32.2 Å². The molecule has 1 heterocycles. The molecule has 1 aromatic carbocycles. The number of benzene rings is 1. The summed E-state index contributed by atoms with van der Waals surface area (Å²) < 4.78 is 5.27. The average Bonchev–Trinajstić information content (AvgIpc) is 3.23. The first-order chi connectivity index (χ1) is 10.3. The van der Waals surface area contributed by atoms with Gasteiger partial charge in [0, 0.05) is 32.8 Å². The van der Waals surface area contributed by atoms with Crippen molar-refractivity contribution in [2.75, 3.05) is 33.4 Å². The Morgan fingerprint density at radius 1 is 1.19 bits per heavy atom. The Hall–Kier alpha value is -0.900. The van der Waals surface area contributed by atoms with E-state index in [-0.39, 0.29) is 0 Å². The number of methoxy groups -OCH3 is 1. The van der Waals surface area contributed by atoms with Crippen molar-refractivity contribution in [1.82, 2.24) is 10.2 Å². The highest BCUT2D eigenvalue weighted by Crippen LogP contribution is 2.39. The minimum Gasteiger partial charge on any atom is -0.383 e. The van der Waals surface area contributed by atoms with Gasteiger partial charge in [-0.3, -0.25) is 4.90 Å². The first-order valence-corrected chi connectivity index (χ1v) is 8.38. The molecule has 1 saturated heterocycles. The summed E-state index contributed by atoms with van der Waals surface area (Å²) in [7, 11) is 1.79. The van der Waals surface area contributed by atoms with Gasteiger partial charge in [0.1, 0.15) is 0 Å². The Morgan fingerprint density at radius 3 is 2.62 bits per heavy atom. The molecule has 116 valence electrons. The van der Waals surface area contributed by atoms with Crippen molar-refractivity contribution in [3.05, 3.63) is 35.4 Å². The van der Waals surface area contributed by atoms with E-state index in [1.54, 1.807) is 7.11 Å². The van der Waals surface area contributed by atoms with E-state index in [1.165, 1.54) is 43.4 Å². The summed E-state index contributed by atoms with van der Waals surface area (Å²) >= 11 is 0. The number of nitrogens with zero attached hydrogens (tertiary/aromatic N) is 1. The second-order valence-electron chi connectivity index (χ2n) is 6.54. The molecule has 1 saturated carbocycles. The largest absolute Gasteiger partial charge is 0.383 e. The average molecular weight is 288 g/mol. The molecule has 21 heavy (non-hydrogen) atoms. The van der Waals surface area contributed by atoms with Gasteiger partial charge >= 0.3 is 0 Å². The zero-order valence-electron chi connectivity index (χ0n) is 13.2. The van der Waals surface area contributed by atoms with Crippen molar-refractivity contribution in [3.8, 4) is 0 Å². The van der Waals surface area contributed by atoms with Crippen LogP contribution in [0.1, 0.15) is 42.7 Å². The van der Waals surface area contributed by atoms with Crippen molar-refractivity contribution in [3.63, 3.8) is 0 Å². The number of hydrogen-bond donors (Lipinski definition) is 1. The van der Waals surface area contributed by atoms with E-state index in [0.29, 0.717) is 6.04 Å². The van der Waals surface area contributed by atoms with Crippen molar-refractivity contribution < 1.29 is 4.74 Å². The zero-order valence-corrected chi connectivity index (χ0v) is 13.2. The predicted octanol–water partition coefficient (Wildman–Crippen LogP) is 2.76. The summed E-state index contributed by atoms with van der Waals surface area (Å²) in [6.07, 6.45) is 5.39. The van der Waals surface area contributed by atoms with Crippen LogP contribution in [0, 0.1) is 0 Å². The van der Waals surface area contributed by atoms with Crippen LogP contribution in [0.4, 0.5) is 0 Å². The molecule has 3 heteroatoms. The number of rotatable bonds is 8. The molecular formula is C18H28N2O. The first kappa shape index (κ1) is 15.0. The van der Waals surface area contributed by atoms with E-state index in [1.807, 2.05) is 0 Å². The van der Waals surface area contributed by atoms with Crippen LogP contribution in [-0.4, -0.2) is 44.3 Å². The van der Waals surface area contributed by atoms with Gasteiger partial charge in [-0.15, -0.1) is 0 Å². The lowest BCUT2D eigenvalue weighted by molar-refractivity contribution is 0.138. The lowest BCUT2D eigenvalue weighted by Gasteiger charge is -2.25. The van der Waals surface area contributed by atoms with Crippen LogP contribution in [0.5, 0.6) is 0 Å². The van der Waals surface area contributed by atoms with E-state index in [2.05, 4.69) is 34.5 Å². The first-order valence-electron chi connectivity index (χ1n) is 8.38. The molecule has 0 spiro atoms. The van der Waals surface area contributed by atoms with Gasteiger partial charge in [0.25, 0.3) is 0 Å². The third-order valence-electron chi connectivity index (χ3n) is 4.69. The van der Waals surface area contributed by atoms with Gasteiger partial charge in [-0.05, 0) is 49.3 Å². The third-order valence-corrected chi connectivity index (χ3v) is 4.69. The molecule has 1 unspecified atom stereocenters. The number of ether oxygens (including phenoxy) is 1. The maximum Gasteiger partial charge on any atom is 0.0589 e. The molecule has 3 rings (SSSR count). The molecule has 3 nitrogen and oxygen atoms in total. The summed E-state index contributed by atoms with van der Waals surface area (Å²) in [6.45, 7) is 5.17. The third kappa shape index (κ3) is 4.53.